The summed E-state index contributed by atoms with van der Waals surface area (Å²) in [4.78, 5) is 11.0. The standard InChI is InChI=1S/C11H9NO3S/c1-15-9-5-3-2-4-7(9)8-6-16-12-10(8)11(13)14/h2-6H,1H3,(H,13,14). The second kappa shape index (κ2) is 4.32. The van der Waals surface area contributed by atoms with Gasteiger partial charge < -0.3 is 9.84 Å². The van der Waals surface area contributed by atoms with Crippen LogP contribution in [-0.2, 0) is 0 Å². The van der Waals surface area contributed by atoms with E-state index in [0.717, 1.165) is 17.1 Å². The van der Waals surface area contributed by atoms with Crippen molar-refractivity contribution < 1.29 is 14.6 Å². The molecule has 0 aliphatic rings. The van der Waals surface area contributed by atoms with E-state index >= 15 is 0 Å². The van der Waals surface area contributed by atoms with Gasteiger partial charge in [-0.05, 0) is 17.6 Å². The lowest BCUT2D eigenvalue weighted by Crippen LogP contribution is -1.99. The Morgan fingerprint density at radius 2 is 2.12 bits per heavy atom. The van der Waals surface area contributed by atoms with Crippen LogP contribution < -0.4 is 4.74 Å². The Morgan fingerprint density at radius 1 is 1.38 bits per heavy atom. The number of hydrogen-bond donors (Lipinski definition) is 1. The second-order valence-electron chi connectivity index (χ2n) is 3.08. The van der Waals surface area contributed by atoms with E-state index in [1.165, 1.54) is 0 Å². The van der Waals surface area contributed by atoms with E-state index in [2.05, 4.69) is 4.37 Å². The zero-order valence-corrected chi connectivity index (χ0v) is 9.32. The summed E-state index contributed by atoms with van der Waals surface area (Å²) >= 11 is 1.12. The molecule has 0 saturated carbocycles. The van der Waals surface area contributed by atoms with Crippen LogP contribution >= 0.6 is 11.5 Å². The topological polar surface area (TPSA) is 59.4 Å². The number of para-hydroxylation sites is 1. The summed E-state index contributed by atoms with van der Waals surface area (Å²) in [6.07, 6.45) is 0. The van der Waals surface area contributed by atoms with Crippen molar-refractivity contribution in [3.05, 3.63) is 35.3 Å². The molecule has 1 aromatic carbocycles. The van der Waals surface area contributed by atoms with Crippen molar-refractivity contribution in [1.82, 2.24) is 4.37 Å². The Labute approximate surface area is 96.3 Å². The molecule has 0 saturated heterocycles. The Morgan fingerprint density at radius 3 is 2.81 bits per heavy atom. The molecular weight excluding hydrogens is 226 g/mol. The second-order valence-corrected chi connectivity index (χ2v) is 3.71. The van der Waals surface area contributed by atoms with Crippen molar-refractivity contribution in [1.29, 1.82) is 0 Å². The number of methoxy groups -OCH3 is 1. The molecule has 0 amide bonds. The smallest absolute Gasteiger partial charge is 0.356 e. The van der Waals surface area contributed by atoms with Gasteiger partial charge in [0, 0.05) is 16.5 Å². The largest absolute Gasteiger partial charge is 0.496 e. The molecule has 0 unspecified atom stereocenters. The summed E-state index contributed by atoms with van der Waals surface area (Å²) in [6, 6.07) is 7.28. The molecule has 0 aliphatic carbocycles. The van der Waals surface area contributed by atoms with Gasteiger partial charge in [-0.3, -0.25) is 0 Å². The highest BCUT2D eigenvalue weighted by molar-refractivity contribution is 7.04. The molecule has 0 atom stereocenters. The molecule has 1 N–H and O–H groups in total. The molecule has 4 nitrogen and oxygen atoms in total. The molecule has 0 spiro atoms. The highest BCUT2D eigenvalue weighted by atomic mass is 32.1. The Kier molecular flexibility index (Phi) is 2.87. The maximum atomic E-state index is 11.0. The average molecular weight is 235 g/mol. The summed E-state index contributed by atoms with van der Waals surface area (Å²) in [7, 11) is 1.55. The van der Waals surface area contributed by atoms with Crippen LogP contribution in [0.1, 0.15) is 10.5 Å². The Hall–Kier alpha value is -1.88. The van der Waals surface area contributed by atoms with E-state index in [9.17, 15) is 4.79 Å². The molecule has 0 aliphatic heterocycles. The number of carbonyl (C=O) groups is 1. The minimum atomic E-state index is -1.03. The van der Waals surface area contributed by atoms with Crippen LogP contribution in [0.25, 0.3) is 11.1 Å². The Bertz CT molecular complexity index is 521. The fraction of sp³-hybridized carbons (Fsp3) is 0.0909. The van der Waals surface area contributed by atoms with Gasteiger partial charge in [0.05, 0.1) is 7.11 Å². The van der Waals surface area contributed by atoms with E-state index in [-0.39, 0.29) is 5.69 Å². The van der Waals surface area contributed by atoms with Gasteiger partial charge in [0.2, 0.25) is 0 Å². The van der Waals surface area contributed by atoms with Gasteiger partial charge in [-0.25, -0.2) is 4.79 Å². The quantitative estimate of drug-likeness (QED) is 0.888. The first kappa shape index (κ1) is 10.6. The predicted octanol–water partition coefficient (Wildman–Crippen LogP) is 2.52. The molecule has 16 heavy (non-hydrogen) atoms. The van der Waals surface area contributed by atoms with E-state index in [4.69, 9.17) is 9.84 Å². The van der Waals surface area contributed by atoms with Crippen LogP contribution in [0.3, 0.4) is 0 Å². The molecular formula is C11H9NO3S. The molecule has 2 rings (SSSR count). The van der Waals surface area contributed by atoms with Crippen LogP contribution in [0, 0.1) is 0 Å². The summed E-state index contributed by atoms with van der Waals surface area (Å²) in [5.74, 6) is -0.382. The van der Waals surface area contributed by atoms with Crippen molar-refractivity contribution in [3.8, 4) is 16.9 Å². The molecule has 1 aromatic heterocycles. The number of nitrogens with zero attached hydrogens (tertiary/aromatic N) is 1. The minimum absolute atomic E-state index is 0.0644. The number of carboxylic acid groups (broad SMARTS) is 1. The van der Waals surface area contributed by atoms with Crippen LogP contribution in [0.15, 0.2) is 29.6 Å². The van der Waals surface area contributed by atoms with Gasteiger partial charge >= 0.3 is 5.97 Å². The van der Waals surface area contributed by atoms with Gasteiger partial charge in [0.15, 0.2) is 5.69 Å². The maximum absolute atomic E-state index is 11.0. The van der Waals surface area contributed by atoms with E-state index < -0.39 is 5.97 Å². The lowest BCUT2D eigenvalue weighted by molar-refractivity contribution is 0.0693. The molecule has 0 bridgehead atoms. The third kappa shape index (κ3) is 1.77. The van der Waals surface area contributed by atoms with Crippen molar-refractivity contribution in [3.63, 3.8) is 0 Å². The van der Waals surface area contributed by atoms with Crippen molar-refractivity contribution in [2.75, 3.05) is 7.11 Å². The molecule has 5 heteroatoms. The number of carboxylic acids is 1. The van der Waals surface area contributed by atoms with Gasteiger partial charge in [0.1, 0.15) is 5.75 Å². The lowest BCUT2D eigenvalue weighted by atomic mass is 10.1. The van der Waals surface area contributed by atoms with Gasteiger partial charge in [0.25, 0.3) is 0 Å². The van der Waals surface area contributed by atoms with Crippen molar-refractivity contribution in [2.45, 2.75) is 0 Å². The highest BCUT2D eigenvalue weighted by Crippen LogP contribution is 2.32. The zero-order valence-electron chi connectivity index (χ0n) is 8.51. The molecule has 82 valence electrons. The predicted molar refractivity (Wildman–Crippen MR) is 61.1 cm³/mol. The number of aromatic nitrogens is 1. The number of aromatic carboxylic acids is 1. The third-order valence-electron chi connectivity index (χ3n) is 2.17. The van der Waals surface area contributed by atoms with Crippen LogP contribution in [0.4, 0.5) is 0 Å². The number of benzene rings is 1. The SMILES string of the molecule is COc1ccccc1-c1csnc1C(=O)O. The van der Waals surface area contributed by atoms with E-state index in [1.807, 2.05) is 18.2 Å². The Balaban J connectivity index is 2.58. The zero-order chi connectivity index (χ0) is 11.5. The maximum Gasteiger partial charge on any atom is 0.356 e. The first-order valence-corrected chi connectivity index (χ1v) is 5.38. The number of rotatable bonds is 3. The van der Waals surface area contributed by atoms with Crippen LogP contribution in [-0.4, -0.2) is 22.6 Å². The number of hydrogen-bond acceptors (Lipinski definition) is 4. The van der Waals surface area contributed by atoms with Crippen LogP contribution in [0.2, 0.25) is 0 Å². The molecule has 0 radical (unpaired) electrons. The minimum Gasteiger partial charge on any atom is -0.496 e. The molecule has 0 fully saturated rings. The lowest BCUT2D eigenvalue weighted by Gasteiger charge is -2.06. The average Bonchev–Trinajstić information content (AvgIpc) is 2.77. The van der Waals surface area contributed by atoms with E-state index in [0.29, 0.717) is 11.3 Å². The summed E-state index contributed by atoms with van der Waals surface area (Å²) in [6.45, 7) is 0. The van der Waals surface area contributed by atoms with Crippen molar-refractivity contribution in [2.24, 2.45) is 0 Å². The fourth-order valence-electron chi connectivity index (χ4n) is 1.45. The van der Waals surface area contributed by atoms with Gasteiger partial charge in [-0.15, -0.1) is 0 Å². The summed E-state index contributed by atoms with van der Waals surface area (Å²) in [5, 5.41) is 10.7. The monoisotopic (exact) mass is 235 g/mol. The molecule has 2 aromatic rings. The first-order chi connectivity index (χ1) is 7.74. The third-order valence-corrected chi connectivity index (χ3v) is 2.80. The van der Waals surface area contributed by atoms with Gasteiger partial charge in [-0.2, -0.15) is 4.37 Å². The first-order valence-electron chi connectivity index (χ1n) is 4.55. The van der Waals surface area contributed by atoms with Crippen LogP contribution in [0.5, 0.6) is 5.75 Å². The van der Waals surface area contributed by atoms with Gasteiger partial charge in [-0.1, -0.05) is 18.2 Å². The normalized spacial score (nSPS) is 10.1. The highest BCUT2D eigenvalue weighted by Gasteiger charge is 2.17. The number of ether oxygens (including phenoxy) is 1. The fourth-order valence-corrected chi connectivity index (χ4v) is 2.13. The summed E-state index contributed by atoms with van der Waals surface area (Å²) in [5.41, 5.74) is 1.40. The summed E-state index contributed by atoms with van der Waals surface area (Å²) < 4.78 is 9.04. The molecule has 1 heterocycles. The van der Waals surface area contributed by atoms with Crippen molar-refractivity contribution >= 4 is 17.5 Å². The van der Waals surface area contributed by atoms with E-state index in [1.54, 1.807) is 18.6 Å².